The zero-order valence-electron chi connectivity index (χ0n) is 29.7. The highest BCUT2D eigenvalue weighted by Crippen LogP contribution is 2.05. The van der Waals surface area contributed by atoms with Crippen LogP contribution in [0.3, 0.4) is 0 Å². The van der Waals surface area contributed by atoms with Gasteiger partial charge in [0, 0.05) is 77.8 Å². The molecule has 0 spiro atoms. The van der Waals surface area contributed by atoms with Gasteiger partial charge >= 0.3 is 0 Å². The van der Waals surface area contributed by atoms with Gasteiger partial charge in [0.05, 0.1) is 0 Å². The van der Waals surface area contributed by atoms with E-state index >= 15 is 0 Å². The van der Waals surface area contributed by atoms with Gasteiger partial charge in [0.15, 0.2) is 0 Å². The fourth-order valence-corrected chi connectivity index (χ4v) is 5.42. The highest BCUT2D eigenvalue weighted by molar-refractivity contribution is 5.78. The molecule has 12 heteroatoms. The Labute approximate surface area is 289 Å². The molecule has 1 aliphatic rings. The normalized spacial score (nSPS) is 21.8. The van der Waals surface area contributed by atoms with E-state index in [0.29, 0.717) is 116 Å². The van der Waals surface area contributed by atoms with Gasteiger partial charge in [0.2, 0.25) is 35.4 Å². The van der Waals surface area contributed by atoms with Crippen molar-refractivity contribution >= 4 is 35.4 Å². The summed E-state index contributed by atoms with van der Waals surface area (Å²) in [5.74, 6) is 0.145. The van der Waals surface area contributed by atoms with E-state index in [0.717, 1.165) is 77.0 Å². The van der Waals surface area contributed by atoms with Crippen molar-refractivity contribution in [1.29, 1.82) is 0 Å². The maximum absolute atomic E-state index is 12.0. The molecule has 6 N–H and O–H groups in total. The van der Waals surface area contributed by atoms with Crippen LogP contribution in [-0.4, -0.2) is 74.7 Å². The molecule has 0 saturated carbocycles. The van der Waals surface area contributed by atoms with Gasteiger partial charge in [-0.25, -0.2) is 0 Å². The van der Waals surface area contributed by atoms with E-state index in [9.17, 15) is 28.8 Å². The Hall–Kier alpha value is -3.18. The van der Waals surface area contributed by atoms with Crippen LogP contribution in [0.4, 0.5) is 0 Å². The van der Waals surface area contributed by atoms with Gasteiger partial charge in [-0.1, -0.05) is 38.5 Å². The predicted octanol–water partition coefficient (Wildman–Crippen LogP) is 4.06. The van der Waals surface area contributed by atoms with E-state index in [1.807, 2.05) is 0 Å². The molecule has 1 aliphatic heterocycles. The van der Waals surface area contributed by atoms with Gasteiger partial charge in [0.25, 0.3) is 0 Å². The Morgan fingerprint density at radius 2 is 0.354 bits per heavy atom. The molecule has 12 nitrogen and oxygen atoms in total. The van der Waals surface area contributed by atoms with Gasteiger partial charge in [-0.15, -0.1) is 0 Å². The molecule has 48 heavy (non-hydrogen) atoms. The summed E-state index contributed by atoms with van der Waals surface area (Å²) in [7, 11) is 0. The molecule has 0 aromatic carbocycles. The first-order valence-electron chi connectivity index (χ1n) is 19.0. The van der Waals surface area contributed by atoms with E-state index in [1.54, 1.807) is 0 Å². The summed E-state index contributed by atoms with van der Waals surface area (Å²) in [6.45, 7) is 3.87. The largest absolute Gasteiger partial charge is 0.356 e. The fourth-order valence-electron chi connectivity index (χ4n) is 5.42. The molecule has 6 amide bonds. The van der Waals surface area contributed by atoms with Crippen molar-refractivity contribution < 1.29 is 28.8 Å². The number of nitrogens with one attached hydrogen (secondary N) is 6. The van der Waals surface area contributed by atoms with Crippen LogP contribution in [0.2, 0.25) is 0 Å². The first-order chi connectivity index (χ1) is 23.4. The first-order valence-corrected chi connectivity index (χ1v) is 19.0. The third kappa shape index (κ3) is 29.0. The molecule has 1 heterocycles. The van der Waals surface area contributed by atoms with Crippen LogP contribution >= 0.6 is 0 Å². The van der Waals surface area contributed by atoms with Crippen molar-refractivity contribution in [2.24, 2.45) is 0 Å². The van der Waals surface area contributed by atoms with Crippen molar-refractivity contribution in [2.75, 3.05) is 39.3 Å². The van der Waals surface area contributed by atoms with Crippen molar-refractivity contribution in [1.82, 2.24) is 31.9 Å². The van der Waals surface area contributed by atoms with E-state index in [-0.39, 0.29) is 35.4 Å². The molecule has 1 saturated heterocycles. The average molecular weight is 679 g/mol. The maximum atomic E-state index is 12.0. The van der Waals surface area contributed by atoms with Crippen LogP contribution in [0.1, 0.15) is 154 Å². The van der Waals surface area contributed by atoms with Crippen molar-refractivity contribution in [3.05, 3.63) is 0 Å². The van der Waals surface area contributed by atoms with Crippen molar-refractivity contribution in [2.45, 2.75) is 154 Å². The third-order valence-corrected chi connectivity index (χ3v) is 8.42. The minimum atomic E-state index is 0.0242. The summed E-state index contributed by atoms with van der Waals surface area (Å²) in [4.78, 5) is 72.3. The minimum Gasteiger partial charge on any atom is -0.356 e. The van der Waals surface area contributed by atoms with E-state index in [1.165, 1.54) is 0 Å². The monoisotopic (exact) mass is 679 g/mol. The fraction of sp³-hybridized carbons (Fsp3) is 0.833. The summed E-state index contributed by atoms with van der Waals surface area (Å²) in [5, 5.41) is 17.7. The van der Waals surface area contributed by atoms with Gasteiger partial charge in [0.1, 0.15) is 0 Å². The summed E-state index contributed by atoms with van der Waals surface area (Å²) < 4.78 is 0. The molecule has 0 radical (unpaired) electrons. The third-order valence-electron chi connectivity index (χ3n) is 8.42. The van der Waals surface area contributed by atoms with Crippen LogP contribution in [0, 0.1) is 0 Å². The highest BCUT2D eigenvalue weighted by Gasteiger charge is 2.07. The number of amides is 6. The molecule has 276 valence electrons. The zero-order chi connectivity index (χ0) is 34.9. The van der Waals surface area contributed by atoms with Gasteiger partial charge in [-0.3, -0.25) is 28.8 Å². The number of carbonyl (C=O) groups is 6. The van der Waals surface area contributed by atoms with Crippen LogP contribution in [0.15, 0.2) is 0 Å². The summed E-state index contributed by atoms with van der Waals surface area (Å²) in [6, 6.07) is 0. The van der Waals surface area contributed by atoms with Crippen LogP contribution < -0.4 is 31.9 Å². The Morgan fingerprint density at radius 1 is 0.208 bits per heavy atom. The second-order valence-corrected chi connectivity index (χ2v) is 13.0. The molecule has 0 bridgehead atoms. The van der Waals surface area contributed by atoms with Gasteiger partial charge in [-0.2, -0.15) is 0 Å². The first kappa shape index (κ1) is 42.8. The van der Waals surface area contributed by atoms with Crippen molar-refractivity contribution in [3.8, 4) is 0 Å². The average Bonchev–Trinajstić information content (AvgIpc) is 3.06. The zero-order valence-corrected chi connectivity index (χ0v) is 29.7. The van der Waals surface area contributed by atoms with E-state index in [2.05, 4.69) is 31.9 Å². The smallest absolute Gasteiger partial charge is 0.219 e. The SMILES string of the molecule is O=C1CCCCC(=O)NCCCCCCNC(=O)CCCCC(=O)NCCCCCCNC(=O)CCCCC(=O)NCCCCCCN1. The molecular formula is C36H66N6O6. The Morgan fingerprint density at radius 3 is 0.500 bits per heavy atom. The molecular weight excluding hydrogens is 612 g/mol. The lowest BCUT2D eigenvalue weighted by atomic mass is 10.1. The topological polar surface area (TPSA) is 175 Å². The highest BCUT2D eigenvalue weighted by atomic mass is 16.2. The lowest BCUT2D eigenvalue weighted by molar-refractivity contribution is -0.123. The summed E-state index contributed by atoms with van der Waals surface area (Å²) >= 11 is 0. The second kappa shape index (κ2) is 31.1. The summed E-state index contributed by atoms with van der Waals surface area (Å²) in [5.41, 5.74) is 0. The van der Waals surface area contributed by atoms with Gasteiger partial charge < -0.3 is 31.9 Å². The molecule has 0 unspecified atom stereocenters. The molecule has 0 atom stereocenters. The number of rotatable bonds is 0. The van der Waals surface area contributed by atoms with E-state index in [4.69, 9.17) is 0 Å². The van der Waals surface area contributed by atoms with Crippen LogP contribution in [0.25, 0.3) is 0 Å². The molecule has 1 fully saturated rings. The second-order valence-electron chi connectivity index (χ2n) is 13.0. The number of hydrogen-bond donors (Lipinski definition) is 6. The molecule has 1 rings (SSSR count). The molecule has 0 aromatic rings. The lowest BCUT2D eigenvalue weighted by Gasteiger charge is -2.08. The Bertz CT molecular complexity index is 729. The number of hydrogen-bond acceptors (Lipinski definition) is 6. The summed E-state index contributed by atoms with van der Waals surface area (Å²) in [6.07, 6.45) is 18.0. The Kier molecular flexibility index (Phi) is 27.8. The van der Waals surface area contributed by atoms with Crippen LogP contribution in [-0.2, 0) is 28.8 Å². The van der Waals surface area contributed by atoms with E-state index < -0.39 is 0 Å². The predicted molar refractivity (Wildman–Crippen MR) is 189 cm³/mol. The standard InChI is InChI=1S/C36H66N6O6/c43-31-19-7-8-21-33(45)39-27-15-3-4-17-29-41-35(47)23-11-12-24-36(48)42-30-18-6-5-16-28-40-34(46)22-10-9-20-32(44)38-26-14-2-1-13-25-37-31/h1-30H2,(H,37,43)(H,38,44)(H,39,45)(H,40,46)(H,41,47)(H,42,48). The number of carbonyl (C=O) groups excluding carboxylic acids is 6. The quantitative estimate of drug-likeness (QED) is 0.225. The maximum Gasteiger partial charge on any atom is 0.219 e. The van der Waals surface area contributed by atoms with Crippen LogP contribution in [0.5, 0.6) is 0 Å². The minimum absolute atomic E-state index is 0.0242. The Balaban J connectivity index is 2.27. The van der Waals surface area contributed by atoms with Gasteiger partial charge in [-0.05, 0) is 77.0 Å². The molecule has 0 aromatic heterocycles. The van der Waals surface area contributed by atoms with Crippen molar-refractivity contribution in [3.63, 3.8) is 0 Å². The lowest BCUT2D eigenvalue weighted by Crippen LogP contribution is -2.26. The molecule has 0 aliphatic carbocycles.